The van der Waals surface area contributed by atoms with Gasteiger partial charge in [-0.25, -0.2) is 4.98 Å². The van der Waals surface area contributed by atoms with Crippen molar-refractivity contribution < 1.29 is 0 Å². The molecule has 20 heavy (non-hydrogen) atoms. The Hall–Kier alpha value is -0.410. The first kappa shape index (κ1) is 14.5. The van der Waals surface area contributed by atoms with Crippen LogP contribution in [0.5, 0.6) is 0 Å². The molecule has 0 saturated heterocycles. The summed E-state index contributed by atoms with van der Waals surface area (Å²) in [4.78, 5) is 6.65. The number of aryl methyl sites for hydroxylation is 2. The highest BCUT2D eigenvalue weighted by Gasteiger charge is 2.40. The number of aromatic nitrogens is 1. The van der Waals surface area contributed by atoms with Gasteiger partial charge in [-0.15, -0.1) is 11.3 Å². The van der Waals surface area contributed by atoms with Crippen LogP contribution < -0.4 is 5.32 Å². The Kier molecular flexibility index (Phi) is 4.46. The van der Waals surface area contributed by atoms with Crippen LogP contribution in [0.15, 0.2) is 0 Å². The first-order valence-corrected chi connectivity index (χ1v) is 9.29. The van der Waals surface area contributed by atoms with E-state index in [0.29, 0.717) is 0 Å². The van der Waals surface area contributed by atoms with Crippen molar-refractivity contribution in [1.29, 1.82) is 0 Å². The predicted octanol–water partition coefficient (Wildman–Crippen LogP) is 4.43. The highest BCUT2D eigenvalue weighted by Crippen LogP contribution is 2.43. The molecule has 1 N–H and O–H groups in total. The van der Waals surface area contributed by atoms with Gasteiger partial charge in [0.25, 0.3) is 0 Å². The van der Waals surface area contributed by atoms with E-state index >= 15 is 0 Å². The summed E-state index contributed by atoms with van der Waals surface area (Å²) >= 11 is 2.01. The third-order valence-corrected chi connectivity index (χ3v) is 6.60. The van der Waals surface area contributed by atoms with Crippen molar-refractivity contribution in [3.63, 3.8) is 0 Å². The van der Waals surface area contributed by atoms with E-state index in [-0.39, 0.29) is 5.54 Å². The van der Waals surface area contributed by atoms with Crippen molar-refractivity contribution in [3.8, 4) is 0 Å². The van der Waals surface area contributed by atoms with Gasteiger partial charge in [0.1, 0.15) is 5.01 Å². The SMILES string of the molecule is CCCNC(C)(c1nc2c(s1)CCCC2)C1CCCC1. The van der Waals surface area contributed by atoms with Gasteiger partial charge in [0.15, 0.2) is 0 Å². The van der Waals surface area contributed by atoms with E-state index in [1.807, 2.05) is 11.3 Å². The summed E-state index contributed by atoms with van der Waals surface area (Å²) in [6, 6.07) is 0. The summed E-state index contributed by atoms with van der Waals surface area (Å²) in [6.45, 7) is 5.79. The molecular weight excluding hydrogens is 264 g/mol. The van der Waals surface area contributed by atoms with Gasteiger partial charge < -0.3 is 5.32 Å². The molecule has 0 radical (unpaired) electrons. The second-order valence-electron chi connectivity index (χ2n) is 6.71. The molecule has 0 aromatic carbocycles. The monoisotopic (exact) mass is 292 g/mol. The number of nitrogens with zero attached hydrogens (tertiary/aromatic N) is 1. The lowest BCUT2D eigenvalue weighted by atomic mass is 9.84. The Bertz CT molecular complexity index is 424. The third-order valence-electron chi connectivity index (χ3n) is 5.20. The average Bonchev–Trinajstić information content (AvgIpc) is 3.13. The largest absolute Gasteiger partial charge is 0.305 e. The van der Waals surface area contributed by atoms with E-state index in [4.69, 9.17) is 4.98 Å². The van der Waals surface area contributed by atoms with Crippen molar-refractivity contribution in [2.24, 2.45) is 5.92 Å². The van der Waals surface area contributed by atoms with Crippen LogP contribution >= 0.6 is 11.3 Å². The van der Waals surface area contributed by atoms with Crippen LogP contribution in [0.4, 0.5) is 0 Å². The Morgan fingerprint density at radius 2 is 1.95 bits per heavy atom. The topological polar surface area (TPSA) is 24.9 Å². The fourth-order valence-corrected chi connectivity index (χ4v) is 5.21. The minimum atomic E-state index is 0.120. The molecule has 0 bridgehead atoms. The van der Waals surface area contributed by atoms with E-state index in [9.17, 15) is 0 Å². The number of nitrogens with one attached hydrogen (secondary N) is 1. The van der Waals surface area contributed by atoms with Crippen LogP contribution in [0.1, 0.15) is 74.4 Å². The highest BCUT2D eigenvalue weighted by atomic mass is 32.1. The molecule has 1 saturated carbocycles. The molecule has 1 aromatic heterocycles. The molecule has 1 heterocycles. The second kappa shape index (κ2) is 6.15. The standard InChI is InChI=1S/C17H28N2S/c1-3-12-18-17(2,13-8-4-5-9-13)16-19-14-10-6-7-11-15(14)20-16/h13,18H,3-12H2,1-2H3. The van der Waals surface area contributed by atoms with Crippen LogP contribution in [0, 0.1) is 5.92 Å². The Morgan fingerprint density at radius 1 is 1.20 bits per heavy atom. The molecule has 1 unspecified atom stereocenters. The van der Waals surface area contributed by atoms with Gasteiger partial charge in [0, 0.05) is 4.88 Å². The number of hydrogen-bond donors (Lipinski definition) is 1. The third kappa shape index (κ3) is 2.67. The minimum absolute atomic E-state index is 0.120. The number of fused-ring (bicyclic) bond motifs is 1. The number of thiazole rings is 1. The molecule has 2 aliphatic carbocycles. The lowest BCUT2D eigenvalue weighted by Crippen LogP contribution is -2.45. The van der Waals surface area contributed by atoms with Crippen LogP contribution in [0.3, 0.4) is 0 Å². The first-order valence-electron chi connectivity index (χ1n) is 8.48. The zero-order chi connectivity index (χ0) is 14.0. The van der Waals surface area contributed by atoms with Crippen LogP contribution in [-0.2, 0) is 18.4 Å². The fourth-order valence-electron chi connectivity index (χ4n) is 3.86. The van der Waals surface area contributed by atoms with E-state index in [0.717, 1.165) is 12.5 Å². The van der Waals surface area contributed by atoms with Crippen molar-refractivity contribution in [1.82, 2.24) is 10.3 Å². The maximum absolute atomic E-state index is 5.08. The molecule has 0 amide bonds. The Balaban J connectivity index is 1.89. The quantitative estimate of drug-likeness (QED) is 0.868. The molecule has 3 heteroatoms. The maximum atomic E-state index is 5.08. The summed E-state index contributed by atoms with van der Waals surface area (Å²) in [5.41, 5.74) is 1.54. The molecular formula is C17H28N2S. The van der Waals surface area contributed by atoms with Gasteiger partial charge in [0.05, 0.1) is 11.2 Å². The maximum Gasteiger partial charge on any atom is 0.113 e. The summed E-state index contributed by atoms with van der Waals surface area (Å²) in [7, 11) is 0. The molecule has 0 spiro atoms. The Labute approximate surface area is 127 Å². The second-order valence-corrected chi connectivity index (χ2v) is 7.79. The summed E-state index contributed by atoms with van der Waals surface area (Å²) in [6.07, 6.45) is 11.9. The molecule has 0 aliphatic heterocycles. The summed E-state index contributed by atoms with van der Waals surface area (Å²) in [5, 5.41) is 5.24. The summed E-state index contributed by atoms with van der Waals surface area (Å²) < 4.78 is 0. The fraction of sp³-hybridized carbons (Fsp3) is 0.824. The minimum Gasteiger partial charge on any atom is -0.305 e. The first-order chi connectivity index (χ1) is 9.74. The van der Waals surface area contributed by atoms with Gasteiger partial charge >= 0.3 is 0 Å². The number of rotatable bonds is 5. The molecule has 3 rings (SSSR count). The van der Waals surface area contributed by atoms with Crippen molar-refractivity contribution in [3.05, 3.63) is 15.6 Å². The van der Waals surface area contributed by atoms with Crippen molar-refractivity contribution in [2.75, 3.05) is 6.54 Å². The molecule has 1 atom stereocenters. The van der Waals surface area contributed by atoms with Crippen LogP contribution in [0.25, 0.3) is 0 Å². The van der Waals surface area contributed by atoms with Crippen LogP contribution in [0.2, 0.25) is 0 Å². The molecule has 112 valence electrons. The average molecular weight is 292 g/mol. The lowest BCUT2D eigenvalue weighted by molar-refractivity contribution is 0.234. The van der Waals surface area contributed by atoms with E-state index in [1.54, 1.807) is 4.88 Å². The Morgan fingerprint density at radius 3 is 2.65 bits per heavy atom. The molecule has 2 nitrogen and oxygen atoms in total. The van der Waals surface area contributed by atoms with Gasteiger partial charge in [0.2, 0.25) is 0 Å². The normalized spacial score (nSPS) is 22.7. The summed E-state index contributed by atoms with van der Waals surface area (Å²) in [5.74, 6) is 0.779. The van der Waals surface area contributed by atoms with E-state index < -0.39 is 0 Å². The molecule has 2 aliphatic rings. The number of hydrogen-bond acceptors (Lipinski definition) is 3. The van der Waals surface area contributed by atoms with Gasteiger partial charge in [-0.3, -0.25) is 0 Å². The lowest BCUT2D eigenvalue weighted by Gasteiger charge is -2.35. The van der Waals surface area contributed by atoms with Gasteiger partial charge in [-0.2, -0.15) is 0 Å². The predicted molar refractivity (Wildman–Crippen MR) is 86.4 cm³/mol. The zero-order valence-electron chi connectivity index (χ0n) is 13.0. The van der Waals surface area contributed by atoms with E-state index in [2.05, 4.69) is 19.2 Å². The zero-order valence-corrected chi connectivity index (χ0v) is 13.8. The van der Waals surface area contributed by atoms with Crippen LogP contribution in [-0.4, -0.2) is 11.5 Å². The smallest absolute Gasteiger partial charge is 0.113 e. The highest BCUT2D eigenvalue weighted by molar-refractivity contribution is 7.11. The molecule has 1 aromatic rings. The van der Waals surface area contributed by atoms with Gasteiger partial charge in [-0.05, 0) is 64.3 Å². The van der Waals surface area contributed by atoms with Crippen molar-refractivity contribution >= 4 is 11.3 Å². The van der Waals surface area contributed by atoms with Gasteiger partial charge in [-0.1, -0.05) is 19.8 Å². The van der Waals surface area contributed by atoms with Crippen molar-refractivity contribution in [2.45, 2.75) is 77.2 Å². The van der Waals surface area contributed by atoms with E-state index in [1.165, 1.54) is 68.5 Å². The molecule has 1 fully saturated rings.